The summed E-state index contributed by atoms with van der Waals surface area (Å²) in [7, 11) is 3.25. The van der Waals surface area contributed by atoms with Crippen LogP contribution in [0, 0.1) is 16.7 Å². The minimum absolute atomic E-state index is 0.187. The van der Waals surface area contributed by atoms with E-state index in [4.69, 9.17) is 5.26 Å². The lowest BCUT2D eigenvalue weighted by Gasteiger charge is -2.29. The fourth-order valence-corrected chi connectivity index (χ4v) is 4.10. The van der Waals surface area contributed by atoms with E-state index in [0.29, 0.717) is 19.5 Å². The second-order valence-corrected chi connectivity index (χ2v) is 8.62. The molecule has 0 spiro atoms. The molecular weight excluding hydrogens is 428 g/mol. The Morgan fingerprint density at radius 3 is 2.59 bits per heavy atom. The molecule has 1 aromatic carbocycles. The summed E-state index contributed by atoms with van der Waals surface area (Å²) in [5.41, 5.74) is 4.21. The van der Waals surface area contributed by atoms with Gasteiger partial charge in [-0.05, 0) is 47.9 Å². The number of rotatable bonds is 11. The second-order valence-electron chi connectivity index (χ2n) is 8.62. The number of amides is 1. The third-order valence-corrected chi connectivity index (χ3v) is 5.92. The Morgan fingerprint density at radius 1 is 1.26 bits per heavy atom. The number of carbonyl (C=O) groups is 1. The van der Waals surface area contributed by atoms with Crippen molar-refractivity contribution in [3.8, 4) is 6.07 Å². The highest BCUT2D eigenvalue weighted by molar-refractivity contribution is 5.89. The highest BCUT2D eigenvalue weighted by atomic mass is 16.4. The molecule has 0 atom stereocenters. The predicted octanol–water partition coefficient (Wildman–Crippen LogP) is 3.50. The summed E-state index contributed by atoms with van der Waals surface area (Å²) >= 11 is 0. The van der Waals surface area contributed by atoms with Crippen LogP contribution in [0.4, 0.5) is 5.82 Å². The van der Waals surface area contributed by atoms with Gasteiger partial charge < -0.3 is 19.9 Å². The van der Waals surface area contributed by atoms with Gasteiger partial charge in [0, 0.05) is 39.5 Å². The van der Waals surface area contributed by atoms with Gasteiger partial charge in [0.15, 0.2) is 0 Å². The quantitative estimate of drug-likeness (QED) is 0.335. The Labute approximate surface area is 200 Å². The van der Waals surface area contributed by atoms with Crippen molar-refractivity contribution in [2.24, 2.45) is 5.41 Å². The summed E-state index contributed by atoms with van der Waals surface area (Å²) in [6.45, 7) is 5.91. The molecule has 0 radical (unpaired) electrons. The van der Waals surface area contributed by atoms with Crippen LogP contribution in [0.25, 0.3) is 17.1 Å². The van der Waals surface area contributed by atoms with E-state index >= 15 is 0 Å². The van der Waals surface area contributed by atoms with Gasteiger partial charge in [-0.3, -0.25) is 4.79 Å². The fourth-order valence-electron chi connectivity index (χ4n) is 4.10. The number of carbonyl (C=O) groups excluding carboxylic acids is 1. The molecule has 1 aliphatic rings. The first-order chi connectivity index (χ1) is 16.6. The number of benzene rings is 1. The maximum atomic E-state index is 10.8. The molecule has 3 aromatic rings. The molecule has 1 fully saturated rings. The number of hydrogen-bond donors (Lipinski definition) is 2. The van der Waals surface area contributed by atoms with Crippen LogP contribution in [0.1, 0.15) is 29.7 Å². The Balaban J connectivity index is 0.00000103. The number of ether oxygens (including phenoxy) is 1. The predicted molar refractivity (Wildman–Crippen MR) is 134 cm³/mol. The van der Waals surface area contributed by atoms with Crippen LogP contribution < -0.4 is 10.2 Å². The Bertz CT molecular complexity index is 1130. The van der Waals surface area contributed by atoms with E-state index in [9.17, 15) is 4.79 Å². The van der Waals surface area contributed by atoms with Crippen molar-refractivity contribution in [1.29, 1.82) is 5.26 Å². The minimum atomic E-state index is 0.187. The SMILES string of the molecule is C=Cc1cc2c(N(CCNC=O)CC3(Cc4ccc(CC#N)cc4)CC3)ncnc2[nH]1.COC. The lowest BCUT2D eigenvalue weighted by atomic mass is 9.94. The highest BCUT2D eigenvalue weighted by Crippen LogP contribution is 2.49. The molecular formula is C26H32N6O2. The number of methoxy groups -OCH3 is 1. The summed E-state index contributed by atoms with van der Waals surface area (Å²) in [6.07, 6.45) is 7.81. The molecule has 8 nitrogen and oxygen atoms in total. The number of hydrogen-bond acceptors (Lipinski definition) is 6. The van der Waals surface area contributed by atoms with Gasteiger partial charge in [0.1, 0.15) is 17.8 Å². The summed E-state index contributed by atoms with van der Waals surface area (Å²) in [4.78, 5) is 25.3. The smallest absolute Gasteiger partial charge is 0.207 e. The first-order valence-electron chi connectivity index (χ1n) is 11.3. The van der Waals surface area contributed by atoms with E-state index in [2.05, 4.69) is 54.7 Å². The van der Waals surface area contributed by atoms with Crippen molar-refractivity contribution in [2.75, 3.05) is 38.8 Å². The van der Waals surface area contributed by atoms with Crippen LogP contribution in [0.15, 0.2) is 43.2 Å². The second kappa shape index (κ2) is 12.0. The molecule has 0 saturated heterocycles. The average Bonchev–Trinajstić information content (AvgIpc) is 3.45. The number of fused-ring (bicyclic) bond motifs is 1. The molecule has 2 heterocycles. The number of aromatic amines is 1. The molecule has 2 N–H and O–H groups in total. The van der Waals surface area contributed by atoms with Crippen molar-refractivity contribution in [3.63, 3.8) is 0 Å². The van der Waals surface area contributed by atoms with Gasteiger partial charge in [0.2, 0.25) is 6.41 Å². The van der Waals surface area contributed by atoms with Crippen LogP contribution in [-0.2, 0) is 22.4 Å². The van der Waals surface area contributed by atoms with E-state index in [1.165, 1.54) is 5.56 Å². The monoisotopic (exact) mass is 460 g/mol. The van der Waals surface area contributed by atoms with Gasteiger partial charge in [-0.15, -0.1) is 0 Å². The van der Waals surface area contributed by atoms with Crippen LogP contribution in [0.3, 0.4) is 0 Å². The number of nitrogens with zero attached hydrogens (tertiary/aromatic N) is 4. The number of anilines is 1. The van der Waals surface area contributed by atoms with Gasteiger partial charge in [-0.2, -0.15) is 5.26 Å². The normalized spacial score (nSPS) is 13.3. The van der Waals surface area contributed by atoms with Crippen LogP contribution in [0.5, 0.6) is 0 Å². The number of nitriles is 1. The topological polar surface area (TPSA) is 107 Å². The van der Waals surface area contributed by atoms with Crippen molar-refractivity contribution in [1.82, 2.24) is 20.3 Å². The molecule has 1 amide bonds. The molecule has 2 aromatic heterocycles. The molecule has 0 unspecified atom stereocenters. The zero-order valence-corrected chi connectivity index (χ0v) is 19.9. The van der Waals surface area contributed by atoms with Crippen molar-refractivity contribution < 1.29 is 9.53 Å². The van der Waals surface area contributed by atoms with Crippen molar-refractivity contribution in [2.45, 2.75) is 25.7 Å². The lowest BCUT2D eigenvalue weighted by Crippen LogP contribution is -2.37. The average molecular weight is 461 g/mol. The van der Waals surface area contributed by atoms with Gasteiger partial charge in [-0.1, -0.05) is 30.8 Å². The summed E-state index contributed by atoms with van der Waals surface area (Å²) in [6, 6.07) is 12.6. The molecule has 1 saturated carbocycles. The number of nitrogens with one attached hydrogen (secondary N) is 2. The largest absolute Gasteiger partial charge is 0.388 e. The van der Waals surface area contributed by atoms with Gasteiger partial charge in [0.05, 0.1) is 17.9 Å². The third-order valence-electron chi connectivity index (χ3n) is 5.92. The molecule has 34 heavy (non-hydrogen) atoms. The standard InChI is InChI=1S/C24H26N6O.C2H6O/c1-2-20-13-21-22(29-20)27-16-28-23(21)30(12-11-26-17-31)15-24(8-9-24)14-19-5-3-18(4-6-19)7-10-25;1-3-2/h2-6,13,16-17H,1,7-9,11-12,14-15H2,(H,26,31)(H,27,28,29);1-2H3. The van der Waals surface area contributed by atoms with Crippen LogP contribution in [-0.4, -0.2) is 55.2 Å². The van der Waals surface area contributed by atoms with Gasteiger partial charge in [0.25, 0.3) is 0 Å². The zero-order valence-electron chi connectivity index (χ0n) is 19.9. The maximum Gasteiger partial charge on any atom is 0.207 e. The Hall–Kier alpha value is -3.70. The molecule has 1 aliphatic carbocycles. The molecule has 0 bridgehead atoms. The van der Waals surface area contributed by atoms with E-state index in [-0.39, 0.29) is 5.41 Å². The number of aromatic nitrogens is 3. The van der Waals surface area contributed by atoms with Gasteiger partial charge >= 0.3 is 0 Å². The summed E-state index contributed by atoms with van der Waals surface area (Å²) < 4.78 is 4.25. The Morgan fingerprint density at radius 2 is 1.97 bits per heavy atom. The molecule has 178 valence electrons. The lowest BCUT2D eigenvalue weighted by molar-refractivity contribution is -0.109. The molecule has 4 rings (SSSR count). The van der Waals surface area contributed by atoms with Crippen molar-refractivity contribution in [3.05, 3.63) is 60.1 Å². The van der Waals surface area contributed by atoms with Gasteiger partial charge in [-0.25, -0.2) is 9.97 Å². The molecule has 0 aliphatic heterocycles. The van der Waals surface area contributed by atoms with Crippen molar-refractivity contribution >= 4 is 29.3 Å². The maximum absolute atomic E-state index is 10.8. The van der Waals surface area contributed by atoms with Crippen LogP contribution >= 0.6 is 0 Å². The van der Waals surface area contributed by atoms with Crippen LogP contribution in [0.2, 0.25) is 0 Å². The first-order valence-corrected chi connectivity index (χ1v) is 11.3. The first kappa shape index (κ1) is 24.9. The Kier molecular flexibility index (Phi) is 8.77. The van der Waals surface area contributed by atoms with E-state index in [1.807, 2.05) is 18.2 Å². The van der Waals surface area contributed by atoms with E-state index < -0.39 is 0 Å². The zero-order chi connectivity index (χ0) is 24.4. The fraction of sp³-hybridized carbons (Fsp3) is 0.385. The van der Waals surface area contributed by atoms with E-state index in [0.717, 1.165) is 60.3 Å². The highest BCUT2D eigenvalue weighted by Gasteiger charge is 2.44. The van der Waals surface area contributed by atoms with E-state index in [1.54, 1.807) is 26.6 Å². The summed E-state index contributed by atoms with van der Waals surface area (Å²) in [5.74, 6) is 0.873. The third kappa shape index (κ3) is 6.42. The number of H-pyrrole nitrogens is 1. The molecule has 8 heteroatoms. The summed E-state index contributed by atoms with van der Waals surface area (Å²) in [5, 5.41) is 12.6. The minimum Gasteiger partial charge on any atom is -0.388 e.